The molecule has 0 aromatic rings. The summed E-state index contributed by atoms with van der Waals surface area (Å²) in [6.07, 6.45) is 4.50. The average Bonchev–Trinajstić information content (AvgIpc) is 2.79. The minimum absolute atomic E-state index is 0.0110. The summed E-state index contributed by atoms with van der Waals surface area (Å²) in [6.45, 7) is 1.28. The summed E-state index contributed by atoms with van der Waals surface area (Å²) in [5.74, 6) is -1.69. The lowest BCUT2D eigenvalue weighted by Crippen LogP contribution is -2.50. The van der Waals surface area contributed by atoms with Gasteiger partial charge in [-0.3, -0.25) is 9.59 Å². The number of aliphatic carboxylic acids is 1. The molecule has 3 unspecified atom stereocenters. The smallest absolute Gasteiger partial charge is 0.328 e. The van der Waals surface area contributed by atoms with Crippen molar-refractivity contribution in [1.29, 1.82) is 0 Å². The Bertz CT molecular complexity index is 404. The molecule has 0 aromatic heterocycles. The van der Waals surface area contributed by atoms with Gasteiger partial charge in [0.15, 0.2) is 0 Å². The van der Waals surface area contributed by atoms with Crippen LogP contribution in [0.5, 0.6) is 0 Å². The number of hydrogen-bond acceptors (Lipinski definition) is 3. The Morgan fingerprint density at radius 2 is 2.29 bits per heavy atom. The first-order valence-electron chi connectivity index (χ1n) is 5.47. The van der Waals surface area contributed by atoms with Gasteiger partial charge in [0.1, 0.15) is 6.04 Å². The molecular weight excluding hydrogens is 224 g/mol. The normalized spacial score (nSPS) is 27.4. The zero-order chi connectivity index (χ0) is 12.6. The van der Waals surface area contributed by atoms with Gasteiger partial charge in [-0.25, -0.2) is 4.79 Å². The van der Waals surface area contributed by atoms with Crippen LogP contribution in [-0.4, -0.2) is 46.4 Å². The highest BCUT2D eigenvalue weighted by molar-refractivity contribution is 5.87. The molecule has 1 fully saturated rings. The van der Waals surface area contributed by atoms with Crippen molar-refractivity contribution in [2.75, 3.05) is 6.54 Å². The van der Waals surface area contributed by atoms with E-state index in [1.165, 1.54) is 11.8 Å². The Labute approximate surface area is 98.3 Å². The largest absolute Gasteiger partial charge is 0.480 e. The van der Waals surface area contributed by atoms with Crippen molar-refractivity contribution in [3.05, 3.63) is 12.2 Å². The highest BCUT2D eigenvalue weighted by Crippen LogP contribution is 2.32. The molecule has 2 amide bonds. The van der Waals surface area contributed by atoms with Gasteiger partial charge < -0.3 is 15.3 Å². The fraction of sp³-hybridized carbons (Fsp3) is 0.545. The van der Waals surface area contributed by atoms with E-state index in [0.717, 1.165) is 6.42 Å². The van der Waals surface area contributed by atoms with E-state index in [4.69, 9.17) is 5.11 Å². The number of carboxylic acid groups (broad SMARTS) is 1. The van der Waals surface area contributed by atoms with E-state index in [9.17, 15) is 14.4 Å². The van der Waals surface area contributed by atoms with Crippen LogP contribution in [0.4, 0.5) is 0 Å². The summed E-state index contributed by atoms with van der Waals surface area (Å²) in [6, 6.07) is -1.05. The molecule has 6 heteroatoms. The molecule has 92 valence electrons. The third kappa shape index (κ3) is 2.15. The van der Waals surface area contributed by atoms with Gasteiger partial charge in [0.25, 0.3) is 0 Å². The number of nitrogens with zero attached hydrogens (tertiary/aromatic N) is 1. The Morgan fingerprint density at radius 1 is 1.59 bits per heavy atom. The van der Waals surface area contributed by atoms with Crippen LogP contribution in [0.2, 0.25) is 0 Å². The zero-order valence-electron chi connectivity index (χ0n) is 9.42. The SMILES string of the molecule is CC(=O)NC(CN1C(=O)C2C=CC1C2)C(=O)O. The second kappa shape index (κ2) is 4.20. The Kier molecular flexibility index (Phi) is 2.87. The summed E-state index contributed by atoms with van der Waals surface area (Å²) < 4.78 is 0. The maximum absolute atomic E-state index is 11.8. The predicted molar refractivity (Wildman–Crippen MR) is 58.0 cm³/mol. The van der Waals surface area contributed by atoms with Crippen molar-refractivity contribution in [2.45, 2.75) is 25.4 Å². The highest BCUT2D eigenvalue weighted by atomic mass is 16.4. The van der Waals surface area contributed by atoms with E-state index in [1.54, 1.807) is 0 Å². The van der Waals surface area contributed by atoms with Crippen LogP contribution in [0.1, 0.15) is 13.3 Å². The molecule has 0 aromatic carbocycles. The van der Waals surface area contributed by atoms with Crippen LogP contribution in [0.25, 0.3) is 0 Å². The number of nitrogens with one attached hydrogen (secondary N) is 1. The summed E-state index contributed by atoms with van der Waals surface area (Å²) in [5.41, 5.74) is 0. The van der Waals surface area contributed by atoms with Gasteiger partial charge in [-0.1, -0.05) is 12.2 Å². The number of carbonyl (C=O) groups is 3. The molecule has 1 aliphatic heterocycles. The fourth-order valence-corrected chi connectivity index (χ4v) is 2.32. The molecular formula is C11H14N2O4. The molecule has 2 aliphatic rings. The molecule has 0 spiro atoms. The number of rotatable bonds is 4. The molecule has 0 saturated carbocycles. The van der Waals surface area contributed by atoms with E-state index >= 15 is 0 Å². The lowest BCUT2D eigenvalue weighted by Gasteiger charge is -2.27. The highest BCUT2D eigenvalue weighted by Gasteiger charge is 2.42. The number of amides is 2. The van der Waals surface area contributed by atoms with Crippen LogP contribution < -0.4 is 5.32 Å². The van der Waals surface area contributed by atoms with Gasteiger partial charge >= 0.3 is 5.97 Å². The van der Waals surface area contributed by atoms with E-state index in [2.05, 4.69) is 5.32 Å². The minimum atomic E-state index is -1.13. The van der Waals surface area contributed by atoms with Crippen LogP contribution in [0.15, 0.2) is 12.2 Å². The van der Waals surface area contributed by atoms with Gasteiger partial charge in [-0.2, -0.15) is 0 Å². The van der Waals surface area contributed by atoms with Crippen LogP contribution >= 0.6 is 0 Å². The van der Waals surface area contributed by atoms with Crippen molar-refractivity contribution >= 4 is 17.8 Å². The van der Waals surface area contributed by atoms with Gasteiger partial charge in [0.2, 0.25) is 11.8 Å². The van der Waals surface area contributed by atoms with Gasteiger partial charge in [-0.05, 0) is 6.42 Å². The van der Waals surface area contributed by atoms with Crippen molar-refractivity contribution in [2.24, 2.45) is 5.92 Å². The molecule has 2 bridgehead atoms. The van der Waals surface area contributed by atoms with E-state index in [-0.39, 0.29) is 24.4 Å². The number of carbonyl (C=O) groups excluding carboxylic acids is 2. The minimum Gasteiger partial charge on any atom is -0.480 e. The van der Waals surface area contributed by atoms with Crippen molar-refractivity contribution in [1.82, 2.24) is 10.2 Å². The monoisotopic (exact) mass is 238 g/mol. The van der Waals surface area contributed by atoms with Gasteiger partial charge in [0.05, 0.1) is 18.5 Å². The third-order valence-electron chi connectivity index (χ3n) is 3.12. The molecule has 0 radical (unpaired) electrons. The third-order valence-corrected chi connectivity index (χ3v) is 3.12. The van der Waals surface area contributed by atoms with E-state index in [0.29, 0.717) is 0 Å². The first-order valence-corrected chi connectivity index (χ1v) is 5.47. The summed E-state index contributed by atoms with van der Waals surface area (Å²) in [4.78, 5) is 35.2. The van der Waals surface area contributed by atoms with Gasteiger partial charge in [-0.15, -0.1) is 0 Å². The molecule has 2 N–H and O–H groups in total. The van der Waals surface area contributed by atoms with Gasteiger partial charge in [0, 0.05) is 6.92 Å². The Balaban J connectivity index is 2.04. The van der Waals surface area contributed by atoms with Crippen LogP contribution in [-0.2, 0) is 14.4 Å². The maximum atomic E-state index is 11.8. The van der Waals surface area contributed by atoms with Crippen LogP contribution in [0.3, 0.4) is 0 Å². The standard InChI is InChI=1S/C11H14N2O4/c1-6(14)12-9(11(16)17)5-13-8-3-2-7(4-8)10(13)15/h2-3,7-9H,4-5H2,1H3,(H,12,14)(H,16,17). The fourth-order valence-electron chi connectivity index (χ4n) is 2.32. The number of hydrogen-bond donors (Lipinski definition) is 2. The molecule has 17 heavy (non-hydrogen) atoms. The molecule has 3 atom stereocenters. The number of carboxylic acids is 1. The Hall–Kier alpha value is -1.85. The average molecular weight is 238 g/mol. The topological polar surface area (TPSA) is 86.7 Å². The second-order valence-corrected chi connectivity index (χ2v) is 4.38. The van der Waals surface area contributed by atoms with Crippen LogP contribution in [0, 0.1) is 5.92 Å². The second-order valence-electron chi connectivity index (χ2n) is 4.38. The molecule has 1 saturated heterocycles. The molecule has 1 heterocycles. The molecule has 1 aliphatic carbocycles. The van der Waals surface area contributed by atoms with Crippen molar-refractivity contribution in [3.63, 3.8) is 0 Å². The molecule has 6 nitrogen and oxygen atoms in total. The first-order chi connectivity index (χ1) is 7.99. The predicted octanol–water partition coefficient (Wildman–Crippen LogP) is -0.637. The number of fused-ring (bicyclic) bond motifs is 2. The summed E-state index contributed by atoms with van der Waals surface area (Å²) >= 11 is 0. The lowest BCUT2D eigenvalue weighted by molar-refractivity contribution is -0.143. The van der Waals surface area contributed by atoms with E-state index < -0.39 is 17.9 Å². The summed E-state index contributed by atoms with van der Waals surface area (Å²) in [7, 11) is 0. The first kappa shape index (κ1) is 11.6. The maximum Gasteiger partial charge on any atom is 0.328 e. The zero-order valence-corrected chi connectivity index (χ0v) is 9.42. The Morgan fingerprint density at radius 3 is 2.76 bits per heavy atom. The van der Waals surface area contributed by atoms with E-state index in [1.807, 2.05) is 12.2 Å². The van der Waals surface area contributed by atoms with Crippen molar-refractivity contribution in [3.8, 4) is 0 Å². The quantitative estimate of drug-likeness (QED) is 0.638. The number of likely N-dealkylation sites (tertiary alicyclic amines) is 1. The van der Waals surface area contributed by atoms with Crippen molar-refractivity contribution < 1.29 is 19.5 Å². The summed E-state index contributed by atoms with van der Waals surface area (Å²) in [5, 5.41) is 11.3. The molecule has 2 rings (SSSR count). The lowest BCUT2D eigenvalue weighted by atomic mass is 10.1.